The standard InChI is InChI=1S/C12H13N3O2.C8H11B3O4/c16-9-7-8(13-1-2-13)12(17)11(15-5-6-15)10(9)14-3-4-14;1-6-5-7(12-2)3-4-8(6)11-14-9-13-10-15-11/h7H,1-6H2;3-5,9-10H,1-2H3. The minimum Gasteiger partial charge on any atom is -0.497 e. The van der Waals surface area contributed by atoms with Crippen LogP contribution in [0.2, 0.25) is 0 Å². The number of allylic oxidation sites excluding steroid dienone is 1. The fraction of sp³-hybridized carbons (Fsp3) is 0.400. The molecule has 32 heavy (non-hydrogen) atoms. The van der Waals surface area contributed by atoms with Crippen LogP contribution >= 0.6 is 0 Å². The summed E-state index contributed by atoms with van der Waals surface area (Å²) in [5.74, 6) is 0.885. The van der Waals surface area contributed by atoms with Crippen LogP contribution in [0.5, 0.6) is 5.75 Å². The van der Waals surface area contributed by atoms with E-state index in [1.807, 2.05) is 39.8 Å². The van der Waals surface area contributed by atoms with Gasteiger partial charge in [-0.05, 0) is 30.1 Å². The number of carbonyl (C=O) groups excluding carboxylic acids is 2. The van der Waals surface area contributed by atoms with E-state index < -0.39 is 0 Å². The lowest BCUT2D eigenvalue weighted by Gasteiger charge is -2.21. The number of nitrogens with zero attached hydrogens (tertiary/aromatic N) is 3. The SMILES string of the molecule is COc1ccc(B2OBOBO2)c(C)c1.O=C1C=C(N2CC2)C(=O)C(N2CC2)=C1N1CC1. The largest absolute Gasteiger partial charge is 0.497 e. The molecule has 4 aliphatic heterocycles. The first-order chi connectivity index (χ1) is 15.6. The number of methoxy groups -OCH3 is 1. The zero-order chi connectivity index (χ0) is 22.2. The quantitative estimate of drug-likeness (QED) is 0.312. The van der Waals surface area contributed by atoms with Crippen molar-refractivity contribution < 1.29 is 28.0 Å². The van der Waals surface area contributed by atoms with Crippen LogP contribution in [-0.2, 0) is 23.3 Å². The Morgan fingerprint density at radius 2 is 1.56 bits per heavy atom. The van der Waals surface area contributed by atoms with Crippen molar-refractivity contribution in [2.24, 2.45) is 0 Å². The normalized spacial score (nSPS) is 21.4. The molecule has 1 aromatic carbocycles. The van der Waals surface area contributed by atoms with Crippen molar-refractivity contribution in [3.63, 3.8) is 0 Å². The number of hydrogen-bond acceptors (Lipinski definition) is 9. The molecule has 0 saturated carbocycles. The maximum absolute atomic E-state index is 12.4. The van der Waals surface area contributed by atoms with Gasteiger partial charge >= 0.3 is 22.5 Å². The Morgan fingerprint density at radius 1 is 0.938 bits per heavy atom. The van der Waals surface area contributed by atoms with E-state index in [0.717, 1.165) is 56.0 Å². The van der Waals surface area contributed by atoms with E-state index in [0.29, 0.717) is 17.1 Å². The Bertz CT molecular complexity index is 998. The second-order valence-corrected chi connectivity index (χ2v) is 8.21. The van der Waals surface area contributed by atoms with E-state index in [2.05, 4.69) is 0 Å². The van der Waals surface area contributed by atoms with Gasteiger partial charge in [-0.3, -0.25) is 9.59 Å². The summed E-state index contributed by atoms with van der Waals surface area (Å²) < 4.78 is 20.7. The molecular weight excluding hydrogens is 411 g/mol. The molecule has 9 nitrogen and oxygen atoms in total. The molecule has 6 rings (SSSR count). The Labute approximate surface area is 188 Å². The smallest absolute Gasteiger partial charge is 0.466 e. The van der Waals surface area contributed by atoms with E-state index in [-0.39, 0.29) is 34.1 Å². The number of rotatable bonds is 5. The van der Waals surface area contributed by atoms with Gasteiger partial charge in [-0.15, -0.1) is 0 Å². The van der Waals surface area contributed by atoms with Crippen LogP contribution in [0, 0.1) is 6.92 Å². The van der Waals surface area contributed by atoms with Gasteiger partial charge in [0.1, 0.15) is 17.1 Å². The minimum atomic E-state index is -0.329. The summed E-state index contributed by atoms with van der Waals surface area (Å²) in [5, 5.41) is 0. The molecule has 0 aromatic heterocycles. The van der Waals surface area contributed by atoms with Crippen molar-refractivity contribution in [1.29, 1.82) is 0 Å². The molecule has 1 aromatic rings. The molecule has 0 amide bonds. The van der Waals surface area contributed by atoms with Crippen LogP contribution in [0.15, 0.2) is 41.4 Å². The van der Waals surface area contributed by atoms with Crippen molar-refractivity contribution in [1.82, 2.24) is 14.7 Å². The number of carbonyl (C=O) groups is 2. The van der Waals surface area contributed by atoms with Gasteiger partial charge in [0.15, 0.2) is 0 Å². The average molecular weight is 435 g/mol. The average Bonchev–Trinajstić information content (AvgIpc) is 3.65. The second kappa shape index (κ2) is 8.69. The Hall–Kier alpha value is -2.69. The highest BCUT2D eigenvalue weighted by Gasteiger charge is 2.43. The Balaban J connectivity index is 0.000000136. The predicted molar refractivity (Wildman–Crippen MR) is 121 cm³/mol. The van der Waals surface area contributed by atoms with E-state index in [1.165, 1.54) is 6.08 Å². The molecule has 4 saturated heterocycles. The third-order valence-corrected chi connectivity index (χ3v) is 5.82. The fourth-order valence-corrected chi connectivity index (χ4v) is 3.80. The van der Waals surface area contributed by atoms with Crippen molar-refractivity contribution in [2.45, 2.75) is 6.92 Å². The predicted octanol–water partition coefficient (Wildman–Crippen LogP) is -1.52. The molecule has 0 N–H and O–H groups in total. The molecule has 0 atom stereocenters. The zero-order valence-corrected chi connectivity index (χ0v) is 18.3. The van der Waals surface area contributed by atoms with Crippen LogP contribution in [0.1, 0.15) is 5.56 Å². The minimum absolute atomic E-state index is 0.00546. The third kappa shape index (κ3) is 4.43. The van der Waals surface area contributed by atoms with Crippen molar-refractivity contribution in [2.75, 3.05) is 46.4 Å². The molecule has 4 heterocycles. The van der Waals surface area contributed by atoms with Crippen LogP contribution in [0.25, 0.3) is 0 Å². The molecule has 4 fully saturated rings. The molecule has 0 bridgehead atoms. The molecule has 0 spiro atoms. The van der Waals surface area contributed by atoms with Gasteiger partial charge in [0.25, 0.3) is 0 Å². The van der Waals surface area contributed by atoms with Crippen LogP contribution in [0.3, 0.4) is 0 Å². The van der Waals surface area contributed by atoms with Crippen LogP contribution < -0.4 is 10.2 Å². The van der Waals surface area contributed by atoms with Crippen molar-refractivity contribution >= 4 is 39.5 Å². The number of hydrogen-bond donors (Lipinski definition) is 0. The Morgan fingerprint density at radius 3 is 2.12 bits per heavy atom. The lowest BCUT2D eigenvalue weighted by Crippen LogP contribution is -2.45. The number of ketones is 2. The highest BCUT2D eigenvalue weighted by atomic mass is 16.7. The molecule has 5 aliphatic rings. The first kappa shape index (κ1) is 21.2. The van der Waals surface area contributed by atoms with Crippen molar-refractivity contribution in [3.05, 3.63) is 46.9 Å². The number of ether oxygens (including phenoxy) is 1. The second-order valence-electron chi connectivity index (χ2n) is 8.21. The summed E-state index contributed by atoms with van der Waals surface area (Å²) in [6.07, 6.45) is 1.52. The lowest BCUT2D eigenvalue weighted by atomic mass is 9.73. The lowest BCUT2D eigenvalue weighted by molar-refractivity contribution is -0.117. The highest BCUT2D eigenvalue weighted by Crippen LogP contribution is 2.33. The molecule has 1 aliphatic carbocycles. The zero-order valence-electron chi connectivity index (χ0n) is 18.3. The molecule has 12 heteroatoms. The van der Waals surface area contributed by atoms with Gasteiger partial charge in [-0.25, -0.2) is 0 Å². The summed E-state index contributed by atoms with van der Waals surface area (Å²) in [7, 11) is 1.87. The number of benzene rings is 1. The summed E-state index contributed by atoms with van der Waals surface area (Å²) in [4.78, 5) is 30.5. The topological polar surface area (TPSA) is 80.1 Å². The van der Waals surface area contributed by atoms with Gasteiger partial charge in [-0.1, -0.05) is 6.07 Å². The Kier molecular flexibility index (Phi) is 5.75. The maximum atomic E-state index is 12.4. The van der Waals surface area contributed by atoms with Crippen LogP contribution in [0.4, 0.5) is 0 Å². The van der Waals surface area contributed by atoms with Gasteiger partial charge < -0.3 is 33.2 Å². The van der Waals surface area contributed by atoms with Gasteiger partial charge in [0, 0.05) is 45.3 Å². The van der Waals surface area contributed by atoms with Crippen molar-refractivity contribution in [3.8, 4) is 5.75 Å². The fourth-order valence-electron chi connectivity index (χ4n) is 3.80. The van der Waals surface area contributed by atoms with E-state index >= 15 is 0 Å². The van der Waals surface area contributed by atoms with E-state index in [1.54, 1.807) is 7.11 Å². The molecule has 0 unspecified atom stereocenters. The monoisotopic (exact) mass is 435 g/mol. The molecule has 164 valence electrons. The van der Waals surface area contributed by atoms with Gasteiger partial charge in [0.05, 0.1) is 12.8 Å². The third-order valence-electron chi connectivity index (χ3n) is 5.82. The summed E-state index contributed by atoms with van der Waals surface area (Å²) >= 11 is 0. The summed E-state index contributed by atoms with van der Waals surface area (Å²) in [6, 6.07) is 5.80. The summed E-state index contributed by atoms with van der Waals surface area (Å²) in [5.41, 5.74) is 3.98. The molecular formula is C20H24B3N3O6. The maximum Gasteiger partial charge on any atom is 0.466 e. The first-order valence-corrected chi connectivity index (χ1v) is 10.8. The number of Topliss-reactive ketones (excluding diaryl/α,β-unsaturated/α-hetero) is 1. The van der Waals surface area contributed by atoms with Crippen LogP contribution in [-0.4, -0.2) is 95.1 Å². The summed E-state index contributed by atoms with van der Waals surface area (Å²) in [6.45, 7) is 7.41. The van der Waals surface area contributed by atoms with E-state index in [4.69, 9.17) is 18.5 Å². The highest BCUT2D eigenvalue weighted by molar-refractivity contribution is 6.71. The van der Waals surface area contributed by atoms with Gasteiger partial charge in [-0.2, -0.15) is 0 Å². The molecule has 0 radical (unpaired) electrons. The number of aryl methyl sites for hydroxylation is 1. The first-order valence-electron chi connectivity index (χ1n) is 10.8. The van der Waals surface area contributed by atoms with E-state index in [9.17, 15) is 9.59 Å². The van der Waals surface area contributed by atoms with Gasteiger partial charge in [0.2, 0.25) is 11.6 Å².